The molecule has 0 radical (unpaired) electrons. The molecule has 0 bridgehead atoms. The fraction of sp³-hybridized carbons (Fsp3) is 0.400. The van der Waals surface area contributed by atoms with E-state index in [0.717, 1.165) is 36.2 Å². The number of rotatable bonds is 4. The zero-order chi connectivity index (χ0) is 13.8. The fourth-order valence-corrected chi connectivity index (χ4v) is 2.39. The molecule has 0 aromatic carbocycles. The number of anilines is 2. The zero-order valence-electron chi connectivity index (χ0n) is 11.7. The molecule has 1 aliphatic heterocycles. The first-order chi connectivity index (χ1) is 9.81. The van der Waals surface area contributed by atoms with E-state index in [0.29, 0.717) is 6.54 Å². The summed E-state index contributed by atoms with van der Waals surface area (Å²) < 4.78 is 0. The largest absolute Gasteiger partial charge is 0.364 e. The number of aryl methyl sites for hydroxylation is 1. The van der Waals surface area contributed by atoms with Crippen molar-refractivity contribution in [1.82, 2.24) is 15.0 Å². The van der Waals surface area contributed by atoms with Crippen molar-refractivity contribution >= 4 is 11.8 Å². The quantitative estimate of drug-likeness (QED) is 0.923. The van der Waals surface area contributed by atoms with Crippen LogP contribution in [0.4, 0.5) is 11.8 Å². The lowest BCUT2D eigenvalue weighted by Crippen LogP contribution is -2.21. The Labute approximate surface area is 119 Å². The molecule has 5 heteroatoms. The van der Waals surface area contributed by atoms with Crippen molar-refractivity contribution in [2.75, 3.05) is 23.3 Å². The molecule has 3 heterocycles. The summed E-state index contributed by atoms with van der Waals surface area (Å²) in [5.41, 5.74) is 2.00. The van der Waals surface area contributed by atoms with Gasteiger partial charge in [-0.3, -0.25) is 4.98 Å². The van der Waals surface area contributed by atoms with Gasteiger partial charge in [0.25, 0.3) is 0 Å². The third-order valence-electron chi connectivity index (χ3n) is 3.41. The second-order valence-corrected chi connectivity index (χ2v) is 5.06. The van der Waals surface area contributed by atoms with Crippen LogP contribution in [0.2, 0.25) is 0 Å². The van der Waals surface area contributed by atoms with Gasteiger partial charge in [-0.05, 0) is 31.9 Å². The maximum absolute atomic E-state index is 4.61. The second-order valence-electron chi connectivity index (χ2n) is 5.06. The van der Waals surface area contributed by atoms with Crippen molar-refractivity contribution in [3.05, 3.63) is 41.9 Å². The average molecular weight is 269 g/mol. The summed E-state index contributed by atoms with van der Waals surface area (Å²) in [7, 11) is 0. The highest BCUT2D eigenvalue weighted by Crippen LogP contribution is 2.18. The van der Waals surface area contributed by atoms with Crippen LogP contribution >= 0.6 is 0 Å². The molecule has 0 spiro atoms. The number of nitrogens with zero attached hydrogens (tertiary/aromatic N) is 4. The number of pyridine rings is 1. The van der Waals surface area contributed by atoms with Crippen molar-refractivity contribution in [2.45, 2.75) is 26.3 Å². The van der Waals surface area contributed by atoms with E-state index in [1.807, 2.05) is 31.2 Å². The highest BCUT2D eigenvalue weighted by atomic mass is 15.3. The van der Waals surface area contributed by atoms with E-state index >= 15 is 0 Å². The van der Waals surface area contributed by atoms with E-state index < -0.39 is 0 Å². The summed E-state index contributed by atoms with van der Waals surface area (Å²) in [5, 5.41) is 3.33. The zero-order valence-corrected chi connectivity index (χ0v) is 11.7. The molecule has 1 fully saturated rings. The van der Waals surface area contributed by atoms with Crippen LogP contribution in [0, 0.1) is 6.92 Å². The second kappa shape index (κ2) is 5.86. The Balaban J connectivity index is 1.72. The molecule has 1 saturated heterocycles. The average Bonchev–Trinajstić information content (AvgIpc) is 3.00. The summed E-state index contributed by atoms with van der Waals surface area (Å²) in [6, 6.07) is 7.89. The number of hydrogen-bond acceptors (Lipinski definition) is 5. The molecule has 2 aromatic heterocycles. The number of nitrogens with one attached hydrogen (secondary N) is 1. The topological polar surface area (TPSA) is 53.9 Å². The Morgan fingerprint density at radius 3 is 2.80 bits per heavy atom. The Kier molecular flexibility index (Phi) is 3.76. The Hall–Kier alpha value is -2.17. The van der Waals surface area contributed by atoms with Crippen LogP contribution in [0.3, 0.4) is 0 Å². The van der Waals surface area contributed by atoms with Crippen LogP contribution in [0.15, 0.2) is 30.5 Å². The van der Waals surface area contributed by atoms with Crippen LogP contribution < -0.4 is 10.2 Å². The monoisotopic (exact) mass is 269 g/mol. The lowest BCUT2D eigenvalue weighted by molar-refractivity contribution is 0.885. The minimum absolute atomic E-state index is 0.677. The molecule has 0 saturated carbocycles. The van der Waals surface area contributed by atoms with Gasteiger partial charge in [-0.25, -0.2) is 4.98 Å². The predicted octanol–water partition coefficient (Wildman–Crippen LogP) is 2.39. The smallest absolute Gasteiger partial charge is 0.227 e. The van der Waals surface area contributed by atoms with Crippen molar-refractivity contribution < 1.29 is 0 Å². The van der Waals surface area contributed by atoms with E-state index in [1.165, 1.54) is 12.8 Å². The normalized spacial score (nSPS) is 14.6. The Morgan fingerprint density at radius 1 is 1.20 bits per heavy atom. The highest BCUT2D eigenvalue weighted by Gasteiger charge is 2.15. The van der Waals surface area contributed by atoms with E-state index in [9.17, 15) is 0 Å². The molecule has 20 heavy (non-hydrogen) atoms. The molecule has 2 aromatic rings. The van der Waals surface area contributed by atoms with Gasteiger partial charge in [-0.2, -0.15) is 4.98 Å². The van der Waals surface area contributed by atoms with E-state index in [2.05, 4.69) is 25.2 Å². The minimum atomic E-state index is 0.677. The van der Waals surface area contributed by atoms with Crippen molar-refractivity contribution in [2.24, 2.45) is 0 Å². The number of aromatic nitrogens is 3. The summed E-state index contributed by atoms with van der Waals surface area (Å²) in [5.74, 6) is 1.70. The van der Waals surface area contributed by atoms with E-state index in [4.69, 9.17) is 0 Å². The molecule has 0 unspecified atom stereocenters. The fourth-order valence-electron chi connectivity index (χ4n) is 2.39. The maximum atomic E-state index is 4.61. The van der Waals surface area contributed by atoms with E-state index in [1.54, 1.807) is 6.20 Å². The SMILES string of the molecule is Cc1cc(NCc2ccccn2)nc(N2CCCC2)n1. The standard InChI is InChI=1S/C15H19N5/c1-12-10-14(17-11-13-6-2-3-7-16-13)19-15(18-12)20-8-4-5-9-20/h2-3,6-7,10H,4-5,8-9,11H2,1H3,(H,17,18,19). The van der Waals surface area contributed by atoms with Gasteiger partial charge in [0, 0.05) is 31.0 Å². The Bertz CT molecular complexity index is 564. The summed E-state index contributed by atoms with van der Waals surface area (Å²) in [4.78, 5) is 15.7. The van der Waals surface area contributed by atoms with Crippen molar-refractivity contribution in [3.63, 3.8) is 0 Å². The van der Waals surface area contributed by atoms with Crippen LogP contribution in [0.25, 0.3) is 0 Å². The molecular weight excluding hydrogens is 250 g/mol. The van der Waals surface area contributed by atoms with Gasteiger partial charge in [0.1, 0.15) is 5.82 Å². The first-order valence-corrected chi connectivity index (χ1v) is 7.06. The molecule has 0 atom stereocenters. The maximum Gasteiger partial charge on any atom is 0.227 e. The minimum Gasteiger partial charge on any atom is -0.364 e. The first kappa shape index (κ1) is 12.8. The first-order valence-electron chi connectivity index (χ1n) is 7.06. The molecule has 1 N–H and O–H groups in total. The summed E-state index contributed by atoms with van der Waals surface area (Å²) in [6.07, 6.45) is 4.26. The number of hydrogen-bond donors (Lipinski definition) is 1. The predicted molar refractivity (Wildman–Crippen MR) is 79.8 cm³/mol. The highest BCUT2D eigenvalue weighted by molar-refractivity contribution is 5.44. The summed E-state index contributed by atoms with van der Waals surface area (Å²) >= 11 is 0. The molecule has 0 amide bonds. The van der Waals surface area contributed by atoms with Gasteiger partial charge in [0.15, 0.2) is 0 Å². The van der Waals surface area contributed by atoms with Gasteiger partial charge in [0.05, 0.1) is 12.2 Å². The third kappa shape index (κ3) is 3.04. The van der Waals surface area contributed by atoms with Gasteiger partial charge >= 0.3 is 0 Å². The van der Waals surface area contributed by atoms with E-state index in [-0.39, 0.29) is 0 Å². The Morgan fingerprint density at radius 2 is 2.05 bits per heavy atom. The van der Waals surface area contributed by atoms with Crippen molar-refractivity contribution in [3.8, 4) is 0 Å². The molecular formula is C15H19N5. The third-order valence-corrected chi connectivity index (χ3v) is 3.41. The van der Waals surface area contributed by atoms with Crippen molar-refractivity contribution in [1.29, 1.82) is 0 Å². The molecule has 0 aliphatic carbocycles. The van der Waals surface area contributed by atoms with Crippen LogP contribution in [-0.4, -0.2) is 28.0 Å². The van der Waals surface area contributed by atoms with Gasteiger partial charge < -0.3 is 10.2 Å². The van der Waals surface area contributed by atoms with Crippen LogP contribution in [0.1, 0.15) is 24.2 Å². The molecule has 104 valence electrons. The van der Waals surface area contributed by atoms with Crippen LogP contribution in [0.5, 0.6) is 0 Å². The van der Waals surface area contributed by atoms with Gasteiger partial charge in [0.2, 0.25) is 5.95 Å². The van der Waals surface area contributed by atoms with Crippen LogP contribution in [-0.2, 0) is 6.54 Å². The molecule has 3 rings (SSSR count). The summed E-state index contributed by atoms with van der Waals surface area (Å²) in [6.45, 7) is 4.80. The van der Waals surface area contributed by atoms with Gasteiger partial charge in [-0.1, -0.05) is 6.07 Å². The van der Waals surface area contributed by atoms with Gasteiger partial charge in [-0.15, -0.1) is 0 Å². The molecule has 5 nitrogen and oxygen atoms in total. The lowest BCUT2D eigenvalue weighted by atomic mass is 10.3. The lowest BCUT2D eigenvalue weighted by Gasteiger charge is -2.16. The molecule has 1 aliphatic rings.